The van der Waals surface area contributed by atoms with Crippen molar-refractivity contribution in [2.24, 2.45) is 5.10 Å². The molecule has 2 aromatic carbocycles. The molecule has 114 valence electrons. The summed E-state index contributed by atoms with van der Waals surface area (Å²) in [6.45, 7) is 2.70. The van der Waals surface area contributed by atoms with E-state index in [2.05, 4.69) is 33.4 Å². The summed E-state index contributed by atoms with van der Waals surface area (Å²) < 4.78 is 6.56. The zero-order valence-corrected chi connectivity index (χ0v) is 13.8. The molecule has 0 saturated heterocycles. The first-order chi connectivity index (χ1) is 10.7. The Bertz CT molecular complexity index is 654. The zero-order chi connectivity index (χ0) is 15.8. The molecule has 0 aromatic heterocycles. The van der Waals surface area contributed by atoms with Crippen molar-refractivity contribution < 1.29 is 9.53 Å². The van der Waals surface area contributed by atoms with Gasteiger partial charge in [-0.2, -0.15) is 5.10 Å². The highest BCUT2D eigenvalue weighted by Gasteiger charge is 2.04. The molecular formula is C17H17BrN2O2. The van der Waals surface area contributed by atoms with E-state index >= 15 is 0 Å². The molecule has 1 amide bonds. The molecule has 0 aliphatic rings. The van der Waals surface area contributed by atoms with Gasteiger partial charge in [-0.1, -0.05) is 35.0 Å². The van der Waals surface area contributed by atoms with Gasteiger partial charge in [0, 0.05) is 15.6 Å². The minimum atomic E-state index is -0.254. The summed E-state index contributed by atoms with van der Waals surface area (Å²) in [6, 6.07) is 14.7. The number of hydrogen-bond acceptors (Lipinski definition) is 3. The zero-order valence-electron chi connectivity index (χ0n) is 12.3. The van der Waals surface area contributed by atoms with Crippen molar-refractivity contribution in [2.45, 2.75) is 13.3 Å². The highest BCUT2D eigenvalue weighted by Crippen LogP contribution is 2.16. The number of halogens is 1. The minimum absolute atomic E-state index is 0.254. The van der Waals surface area contributed by atoms with Crippen LogP contribution in [-0.4, -0.2) is 18.7 Å². The molecule has 2 rings (SSSR count). The van der Waals surface area contributed by atoms with Crippen LogP contribution >= 0.6 is 15.9 Å². The first-order valence-corrected chi connectivity index (χ1v) is 7.81. The summed E-state index contributed by atoms with van der Waals surface area (Å²) in [4.78, 5) is 11.9. The van der Waals surface area contributed by atoms with Crippen LogP contribution in [0.2, 0.25) is 0 Å². The maximum absolute atomic E-state index is 11.9. The first-order valence-electron chi connectivity index (χ1n) is 7.01. The second kappa shape index (κ2) is 8.34. The molecule has 1 N–H and O–H groups in total. The van der Waals surface area contributed by atoms with E-state index in [1.807, 2.05) is 36.4 Å². The van der Waals surface area contributed by atoms with Crippen LogP contribution in [0.4, 0.5) is 0 Å². The lowest BCUT2D eigenvalue weighted by Crippen LogP contribution is -2.17. The lowest BCUT2D eigenvalue weighted by Gasteiger charge is -2.07. The predicted octanol–water partition coefficient (Wildman–Crippen LogP) is 4.00. The topological polar surface area (TPSA) is 50.7 Å². The van der Waals surface area contributed by atoms with Crippen LogP contribution in [-0.2, 0) is 0 Å². The van der Waals surface area contributed by atoms with Gasteiger partial charge in [0.05, 0.1) is 12.8 Å². The number of nitrogens with one attached hydrogen (secondary N) is 1. The molecule has 0 fully saturated rings. The van der Waals surface area contributed by atoms with E-state index in [9.17, 15) is 4.79 Å². The van der Waals surface area contributed by atoms with Gasteiger partial charge in [0.2, 0.25) is 0 Å². The number of amides is 1. The van der Waals surface area contributed by atoms with Crippen molar-refractivity contribution in [1.29, 1.82) is 0 Å². The summed E-state index contributed by atoms with van der Waals surface area (Å²) in [5.74, 6) is 0.502. The molecule has 5 heteroatoms. The Morgan fingerprint density at radius 3 is 2.68 bits per heavy atom. The minimum Gasteiger partial charge on any atom is -0.493 e. The van der Waals surface area contributed by atoms with Gasteiger partial charge >= 0.3 is 0 Å². The SMILES string of the molecule is CCCOc1ccccc1/C=N\NC(=O)c1ccc(Br)cc1. The summed E-state index contributed by atoms with van der Waals surface area (Å²) in [7, 11) is 0. The van der Waals surface area contributed by atoms with E-state index < -0.39 is 0 Å². The predicted molar refractivity (Wildman–Crippen MR) is 91.4 cm³/mol. The quantitative estimate of drug-likeness (QED) is 0.625. The average molecular weight is 361 g/mol. The average Bonchev–Trinajstić information content (AvgIpc) is 2.54. The van der Waals surface area contributed by atoms with Crippen molar-refractivity contribution in [1.82, 2.24) is 5.43 Å². The monoisotopic (exact) mass is 360 g/mol. The number of ether oxygens (including phenoxy) is 1. The van der Waals surface area contributed by atoms with E-state index in [-0.39, 0.29) is 5.91 Å². The van der Waals surface area contributed by atoms with Gasteiger partial charge in [-0.15, -0.1) is 0 Å². The van der Waals surface area contributed by atoms with Gasteiger partial charge in [0.15, 0.2) is 0 Å². The fourth-order valence-corrected chi connectivity index (χ4v) is 2.02. The van der Waals surface area contributed by atoms with Crippen LogP contribution in [0.15, 0.2) is 58.1 Å². The number of hydrazone groups is 1. The molecule has 4 nitrogen and oxygen atoms in total. The molecule has 0 heterocycles. The van der Waals surface area contributed by atoms with Crippen molar-refractivity contribution in [3.63, 3.8) is 0 Å². The van der Waals surface area contributed by atoms with Crippen molar-refractivity contribution >= 4 is 28.1 Å². The largest absolute Gasteiger partial charge is 0.493 e. The number of carbonyl (C=O) groups is 1. The van der Waals surface area contributed by atoms with E-state index in [1.54, 1.807) is 18.3 Å². The van der Waals surface area contributed by atoms with Gasteiger partial charge in [-0.3, -0.25) is 4.79 Å². The van der Waals surface area contributed by atoms with Crippen LogP contribution in [0.1, 0.15) is 29.3 Å². The summed E-state index contributed by atoms with van der Waals surface area (Å²) >= 11 is 3.33. The van der Waals surface area contributed by atoms with Crippen molar-refractivity contribution in [2.75, 3.05) is 6.61 Å². The molecule has 2 aromatic rings. The fraction of sp³-hybridized carbons (Fsp3) is 0.176. The number of para-hydroxylation sites is 1. The van der Waals surface area contributed by atoms with Crippen LogP contribution in [0, 0.1) is 0 Å². The molecule has 0 aliphatic heterocycles. The van der Waals surface area contributed by atoms with Crippen LogP contribution in [0.25, 0.3) is 0 Å². The Hall–Kier alpha value is -2.14. The van der Waals surface area contributed by atoms with Gasteiger partial charge in [0.1, 0.15) is 5.75 Å². The Labute approximate surface area is 138 Å². The fourth-order valence-electron chi connectivity index (χ4n) is 1.76. The normalized spacial score (nSPS) is 10.6. The van der Waals surface area contributed by atoms with E-state index in [1.165, 1.54) is 0 Å². The maximum Gasteiger partial charge on any atom is 0.271 e. The van der Waals surface area contributed by atoms with Crippen molar-refractivity contribution in [3.05, 3.63) is 64.1 Å². The van der Waals surface area contributed by atoms with Gasteiger partial charge in [-0.25, -0.2) is 5.43 Å². The molecule has 0 bridgehead atoms. The maximum atomic E-state index is 11.9. The summed E-state index contributed by atoms with van der Waals surface area (Å²) in [6.07, 6.45) is 2.52. The molecule has 0 radical (unpaired) electrons. The highest BCUT2D eigenvalue weighted by molar-refractivity contribution is 9.10. The number of nitrogens with zero attached hydrogens (tertiary/aromatic N) is 1. The number of rotatable bonds is 6. The lowest BCUT2D eigenvalue weighted by molar-refractivity contribution is 0.0955. The Morgan fingerprint density at radius 2 is 1.95 bits per heavy atom. The lowest BCUT2D eigenvalue weighted by atomic mass is 10.2. The molecule has 0 aliphatic carbocycles. The van der Waals surface area contributed by atoms with E-state index in [0.717, 1.165) is 22.2 Å². The highest BCUT2D eigenvalue weighted by atomic mass is 79.9. The number of hydrogen-bond donors (Lipinski definition) is 1. The van der Waals surface area contributed by atoms with Gasteiger partial charge in [-0.05, 0) is 42.8 Å². The Morgan fingerprint density at radius 1 is 1.23 bits per heavy atom. The molecule has 22 heavy (non-hydrogen) atoms. The van der Waals surface area contributed by atoms with Crippen LogP contribution in [0.5, 0.6) is 5.75 Å². The second-order valence-corrected chi connectivity index (χ2v) is 5.51. The van der Waals surface area contributed by atoms with E-state index in [4.69, 9.17) is 4.74 Å². The third-order valence-corrected chi connectivity index (χ3v) is 3.39. The third kappa shape index (κ3) is 4.70. The molecule has 0 saturated carbocycles. The van der Waals surface area contributed by atoms with Gasteiger partial charge in [0.25, 0.3) is 5.91 Å². The smallest absolute Gasteiger partial charge is 0.271 e. The first kappa shape index (κ1) is 16.2. The molecule has 0 unspecified atom stereocenters. The van der Waals surface area contributed by atoms with E-state index in [0.29, 0.717) is 12.2 Å². The third-order valence-electron chi connectivity index (χ3n) is 2.86. The summed E-state index contributed by atoms with van der Waals surface area (Å²) in [5.41, 5.74) is 3.89. The number of carbonyl (C=O) groups excluding carboxylic acids is 1. The van der Waals surface area contributed by atoms with Gasteiger partial charge < -0.3 is 4.74 Å². The van der Waals surface area contributed by atoms with Crippen molar-refractivity contribution in [3.8, 4) is 5.75 Å². The molecular weight excluding hydrogens is 344 g/mol. The molecule has 0 spiro atoms. The standard InChI is InChI=1S/C17H17BrN2O2/c1-2-11-22-16-6-4-3-5-14(16)12-19-20-17(21)13-7-9-15(18)10-8-13/h3-10,12H,2,11H2,1H3,(H,20,21)/b19-12-. The Kier molecular flexibility index (Phi) is 6.15. The summed E-state index contributed by atoms with van der Waals surface area (Å²) in [5, 5.41) is 3.99. The Balaban J connectivity index is 2.00. The molecule has 0 atom stereocenters. The second-order valence-electron chi connectivity index (χ2n) is 4.59. The van der Waals surface area contributed by atoms with Crippen LogP contribution in [0.3, 0.4) is 0 Å². The number of benzene rings is 2. The van der Waals surface area contributed by atoms with Crippen LogP contribution < -0.4 is 10.2 Å².